The van der Waals surface area contributed by atoms with Crippen molar-refractivity contribution >= 4 is 28.5 Å². The number of para-hydroxylation sites is 1. The molecular formula is C21H16ClNO5. The van der Waals surface area contributed by atoms with E-state index in [0.29, 0.717) is 5.56 Å². The first kappa shape index (κ1) is 20.8. The number of hydrogen-bond acceptors (Lipinski definition) is 5. The summed E-state index contributed by atoms with van der Waals surface area (Å²) < 4.78 is 4.55. The molecule has 6 nitrogen and oxygen atoms in total. The van der Waals surface area contributed by atoms with Gasteiger partial charge in [0.15, 0.2) is 5.78 Å². The molecular weight excluding hydrogens is 382 g/mol. The zero-order valence-corrected chi connectivity index (χ0v) is 15.4. The van der Waals surface area contributed by atoms with Gasteiger partial charge in [-0.1, -0.05) is 72.8 Å². The van der Waals surface area contributed by atoms with Crippen molar-refractivity contribution in [3.05, 3.63) is 112 Å². The van der Waals surface area contributed by atoms with Crippen molar-refractivity contribution in [1.82, 2.24) is 0 Å². The highest BCUT2D eigenvalue weighted by Crippen LogP contribution is 2.20. The van der Waals surface area contributed by atoms with Gasteiger partial charge < -0.3 is 4.74 Å². The molecule has 28 heavy (non-hydrogen) atoms. The third kappa shape index (κ3) is 6.34. The van der Waals surface area contributed by atoms with Crippen molar-refractivity contribution in [2.45, 2.75) is 6.61 Å². The highest BCUT2D eigenvalue weighted by atomic mass is 35.5. The first-order valence-electron chi connectivity index (χ1n) is 8.18. The lowest BCUT2D eigenvalue weighted by atomic mass is 10.0. The summed E-state index contributed by atoms with van der Waals surface area (Å²) in [4.78, 5) is 32.5. The maximum atomic E-state index is 12.1. The molecule has 0 saturated heterocycles. The summed E-state index contributed by atoms with van der Waals surface area (Å²) in [6.45, 7) is 0.239. The Labute approximate surface area is 166 Å². The molecule has 0 radical (unpaired) electrons. The van der Waals surface area contributed by atoms with E-state index in [4.69, 9.17) is 11.6 Å². The highest BCUT2D eigenvalue weighted by Gasteiger charge is 2.19. The van der Waals surface area contributed by atoms with Crippen molar-refractivity contribution in [3.63, 3.8) is 0 Å². The van der Waals surface area contributed by atoms with Gasteiger partial charge in [0.2, 0.25) is 0 Å². The number of benzene rings is 3. The van der Waals surface area contributed by atoms with Crippen molar-refractivity contribution in [2.24, 2.45) is 0 Å². The fourth-order valence-corrected chi connectivity index (χ4v) is 2.34. The van der Waals surface area contributed by atoms with E-state index in [1.807, 2.05) is 30.3 Å². The lowest BCUT2D eigenvalue weighted by Gasteiger charge is -2.01. The number of hydrogen-bond donors (Lipinski definition) is 0. The minimum Gasteiger partial charge on any atom is -0.449 e. The monoisotopic (exact) mass is 397 g/mol. The van der Waals surface area contributed by atoms with Crippen LogP contribution in [0.3, 0.4) is 0 Å². The summed E-state index contributed by atoms with van der Waals surface area (Å²) in [7, 11) is 0. The summed E-state index contributed by atoms with van der Waals surface area (Å²) in [5.41, 5.74) is 0.558. The highest BCUT2D eigenvalue weighted by molar-refractivity contribution is 6.61. The van der Waals surface area contributed by atoms with Gasteiger partial charge in [-0.2, -0.15) is 0 Å². The van der Waals surface area contributed by atoms with Gasteiger partial charge in [-0.25, -0.2) is 4.79 Å². The van der Waals surface area contributed by atoms with Crippen molar-refractivity contribution in [1.29, 1.82) is 0 Å². The zero-order valence-electron chi connectivity index (χ0n) is 14.7. The van der Waals surface area contributed by atoms with Gasteiger partial charge in [0.25, 0.3) is 5.69 Å². The van der Waals surface area contributed by atoms with E-state index in [9.17, 15) is 19.7 Å². The Morgan fingerprint density at radius 3 is 1.96 bits per heavy atom. The van der Waals surface area contributed by atoms with Crippen LogP contribution >= 0.6 is 11.6 Å². The zero-order chi connectivity index (χ0) is 20.4. The van der Waals surface area contributed by atoms with Gasteiger partial charge in [0.05, 0.1) is 4.92 Å². The first-order valence-corrected chi connectivity index (χ1v) is 8.56. The molecule has 7 heteroatoms. The topological polar surface area (TPSA) is 86.5 Å². The standard InChI is InChI=1S/C13H9NO3.C8H7ClO2/c15-13(10-6-2-1-3-7-10)11-8-4-5-9-12(11)14(16)17;9-8(10)11-6-7-4-2-1-3-5-7/h1-9H;1-5H,6H2. The number of halogens is 1. The van der Waals surface area contributed by atoms with Crippen LogP contribution in [0.1, 0.15) is 21.5 Å². The molecule has 0 aliphatic heterocycles. The van der Waals surface area contributed by atoms with Crippen LogP contribution < -0.4 is 0 Å². The van der Waals surface area contributed by atoms with Gasteiger partial charge in [-0.3, -0.25) is 14.9 Å². The van der Waals surface area contributed by atoms with E-state index in [1.54, 1.807) is 42.5 Å². The number of nitro groups is 1. The minimum absolute atomic E-state index is 0.115. The average molecular weight is 398 g/mol. The van der Waals surface area contributed by atoms with Gasteiger partial charge in [0.1, 0.15) is 12.2 Å². The van der Waals surface area contributed by atoms with Crippen LogP contribution in [0.2, 0.25) is 0 Å². The summed E-state index contributed by atoms with van der Waals surface area (Å²) >= 11 is 4.97. The lowest BCUT2D eigenvalue weighted by Crippen LogP contribution is -2.04. The normalized spacial score (nSPS) is 9.61. The Morgan fingerprint density at radius 2 is 1.39 bits per heavy atom. The quantitative estimate of drug-likeness (QED) is 0.249. The van der Waals surface area contributed by atoms with Crippen molar-refractivity contribution < 1.29 is 19.2 Å². The van der Waals surface area contributed by atoms with Crippen LogP contribution in [0.15, 0.2) is 84.9 Å². The maximum absolute atomic E-state index is 12.1. The molecule has 0 spiro atoms. The number of ketones is 1. The Balaban J connectivity index is 0.000000221. The second kappa shape index (κ2) is 10.6. The molecule has 0 N–H and O–H groups in total. The molecule has 0 atom stereocenters. The smallest absolute Gasteiger partial charge is 0.404 e. The third-order valence-corrected chi connectivity index (χ3v) is 3.69. The molecule has 0 heterocycles. The average Bonchev–Trinajstić information content (AvgIpc) is 2.73. The first-order chi connectivity index (χ1) is 13.5. The molecule has 142 valence electrons. The molecule has 3 rings (SSSR count). The predicted molar refractivity (Wildman–Crippen MR) is 105 cm³/mol. The third-order valence-electron chi connectivity index (χ3n) is 3.58. The Kier molecular flexibility index (Phi) is 7.87. The molecule has 0 unspecified atom stereocenters. The number of nitro benzene ring substituents is 1. The number of rotatable bonds is 5. The van der Waals surface area contributed by atoms with E-state index >= 15 is 0 Å². The molecule has 0 fully saturated rings. The largest absolute Gasteiger partial charge is 0.449 e. The van der Waals surface area contributed by atoms with E-state index in [2.05, 4.69) is 4.74 Å². The summed E-state index contributed by atoms with van der Waals surface area (Å²) in [5.74, 6) is -0.335. The van der Waals surface area contributed by atoms with Gasteiger partial charge in [-0.05, 0) is 11.6 Å². The van der Waals surface area contributed by atoms with Crippen LogP contribution in [0, 0.1) is 10.1 Å². The molecule has 3 aromatic rings. The minimum atomic E-state index is -0.770. The van der Waals surface area contributed by atoms with E-state index < -0.39 is 10.4 Å². The van der Waals surface area contributed by atoms with Gasteiger partial charge in [0, 0.05) is 23.2 Å². The Hall–Kier alpha value is -3.51. The second-order valence-electron chi connectivity index (χ2n) is 5.48. The molecule has 3 aromatic carbocycles. The molecule has 0 aromatic heterocycles. The second-order valence-corrected chi connectivity index (χ2v) is 5.79. The van der Waals surface area contributed by atoms with Crippen LogP contribution in [-0.4, -0.2) is 16.1 Å². The molecule has 0 amide bonds. The van der Waals surface area contributed by atoms with Crippen LogP contribution in [0.25, 0.3) is 0 Å². The Bertz CT molecular complexity index is 945. The van der Waals surface area contributed by atoms with Gasteiger partial charge >= 0.3 is 5.43 Å². The predicted octanol–water partition coefficient (Wildman–Crippen LogP) is 5.39. The Morgan fingerprint density at radius 1 is 0.857 bits per heavy atom. The maximum Gasteiger partial charge on any atom is 0.404 e. The fourth-order valence-electron chi connectivity index (χ4n) is 2.28. The number of carbonyl (C=O) groups excluding carboxylic acids is 2. The van der Waals surface area contributed by atoms with E-state index in [0.717, 1.165) is 5.56 Å². The molecule has 0 saturated carbocycles. The van der Waals surface area contributed by atoms with Gasteiger partial charge in [-0.15, -0.1) is 0 Å². The molecule has 0 aliphatic carbocycles. The molecule has 0 bridgehead atoms. The fraction of sp³-hybridized carbons (Fsp3) is 0.0476. The van der Waals surface area contributed by atoms with Crippen molar-refractivity contribution in [2.75, 3.05) is 0 Å². The lowest BCUT2D eigenvalue weighted by molar-refractivity contribution is -0.385. The summed E-state index contributed by atoms with van der Waals surface area (Å²) in [6, 6.07) is 23.8. The van der Waals surface area contributed by atoms with Crippen LogP contribution in [0.4, 0.5) is 10.5 Å². The van der Waals surface area contributed by atoms with E-state index in [1.165, 1.54) is 12.1 Å². The number of carbonyl (C=O) groups is 2. The molecule has 0 aliphatic rings. The summed E-state index contributed by atoms with van der Waals surface area (Å²) in [6.07, 6.45) is 0. The van der Waals surface area contributed by atoms with Crippen LogP contribution in [-0.2, 0) is 11.3 Å². The number of nitrogens with zero attached hydrogens (tertiary/aromatic N) is 1. The van der Waals surface area contributed by atoms with Crippen molar-refractivity contribution in [3.8, 4) is 0 Å². The van der Waals surface area contributed by atoms with Crippen LogP contribution in [0.5, 0.6) is 0 Å². The SMILES string of the molecule is O=C(Cl)OCc1ccccc1.O=C(c1ccccc1)c1ccccc1[N+](=O)[O-]. The van der Waals surface area contributed by atoms with E-state index in [-0.39, 0.29) is 23.6 Å². The number of ether oxygens (including phenoxy) is 1. The summed E-state index contributed by atoms with van der Waals surface area (Å²) in [5, 5.41) is 10.8.